The monoisotopic (exact) mass is 349 g/mol. The van der Waals surface area contributed by atoms with Crippen molar-refractivity contribution >= 4 is 18.0 Å². The molecule has 1 N–H and O–H groups in total. The second-order valence-electron chi connectivity index (χ2n) is 5.87. The van der Waals surface area contributed by atoms with E-state index in [0.717, 1.165) is 5.56 Å². The van der Waals surface area contributed by atoms with Gasteiger partial charge in [-0.3, -0.25) is 4.79 Å². The van der Waals surface area contributed by atoms with Gasteiger partial charge >= 0.3 is 18.0 Å². The zero-order valence-corrected chi connectivity index (χ0v) is 14.4. The Morgan fingerprint density at radius 2 is 1.92 bits per heavy atom. The van der Waals surface area contributed by atoms with Gasteiger partial charge in [-0.1, -0.05) is 30.3 Å². The first-order chi connectivity index (χ1) is 12.0. The van der Waals surface area contributed by atoms with Crippen LogP contribution in [0.25, 0.3) is 0 Å². The van der Waals surface area contributed by atoms with Gasteiger partial charge < -0.3 is 19.5 Å². The summed E-state index contributed by atoms with van der Waals surface area (Å²) in [5, 5.41) is 2.51. The van der Waals surface area contributed by atoms with E-state index >= 15 is 0 Å². The van der Waals surface area contributed by atoms with Crippen LogP contribution in [0.15, 0.2) is 30.3 Å². The molecule has 1 aliphatic rings. The van der Waals surface area contributed by atoms with Crippen LogP contribution in [0, 0.1) is 11.8 Å². The maximum atomic E-state index is 11.9. The molecule has 0 bridgehead atoms. The van der Waals surface area contributed by atoms with Gasteiger partial charge in [0.25, 0.3) is 0 Å². The number of nitrogens with one attached hydrogen (secondary N) is 1. The average molecular weight is 349 g/mol. The van der Waals surface area contributed by atoms with Crippen molar-refractivity contribution in [2.24, 2.45) is 11.8 Å². The summed E-state index contributed by atoms with van der Waals surface area (Å²) >= 11 is 0. The second-order valence-corrected chi connectivity index (χ2v) is 5.87. The highest BCUT2D eigenvalue weighted by Gasteiger charge is 2.46. The standard InChI is InChI=1S/C18H23NO6/c1-3-24-16(20)14-9-13(14)10-15(17(21)23-2)19-18(22)25-11-12-7-5-4-6-8-12/h4-8,13-15H,3,9-11H2,1-2H3,(H,19,22)/t13-,14+,15-/m0/s1. The summed E-state index contributed by atoms with van der Waals surface area (Å²) in [5.74, 6) is -1.04. The van der Waals surface area contributed by atoms with Crippen molar-refractivity contribution in [2.45, 2.75) is 32.4 Å². The van der Waals surface area contributed by atoms with Crippen molar-refractivity contribution < 1.29 is 28.6 Å². The summed E-state index contributed by atoms with van der Waals surface area (Å²) in [5.41, 5.74) is 0.844. The maximum absolute atomic E-state index is 11.9. The Hall–Kier alpha value is -2.57. The van der Waals surface area contributed by atoms with Gasteiger partial charge in [-0.25, -0.2) is 9.59 Å². The minimum Gasteiger partial charge on any atom is -0.467 e. The number of carbonyl (C=O) groups is 3. The molecule has 2 rings (SSSR count). The lowest BCUT2D eigenvalue weighted by molar-refractivity contribution is -0.146. The average Bonchev–Trinajstić information content (AvgIpc) is 3.39. The fourth-order valence-corrected chi connectivity index (χ4v) is 2.61. The molecule has 1 aromatic rings. The minimum absolute atomic E-state index is 0.00225. The van der Waals surface area contributed by atoms with Crippen molar-refractivity contribution in [3.8, 4) is 0 Å². The number of rotatable bonds is 8. The van der Waals surface area contributed by atoms with Crippen molar-refractivity contribution in [3.63, 3.8) is 0 Å². The van der Waals surface area contributed by atoms with E-state index in [9.17, 15) is 14.4 Å². The molecule has 1 saturated carbocycles. The topological polar surface area (TPSA) is 90.9 Å². The Labute approximate surface area is 146 Å². The molecule has 0 unspecified atom stereocenters. The van der Waals surface area contributed by atoms with E-state index in [1.165, 1.54) is 7.11 Å². The smallest absolute Gasteiger partial charge is 0.408 e. The molecule has 7 heteroatoms. The zero-order valence-electron chi connectivity index (χ0n) is 14.4. The molecule has 7 nitrogen and oxygen atoms in total. The number of benzene rings is 1. The molecular formula is C18H23NO6. The predicted octanol–water partition coefficient (Wildman–Crippen LogP) is 2.04. The highest BCUT2D eigenvalue weighted by Crippen LogP contribution is 2.43. The molecule has 0 radical (unpaired) electrons. The van der Waals surface area contributed by atoms with Crippen LogP contribution in [0.1, 0.15) is 25.3 Å². The van der Waals surface area contributed by atoms with Crippen LogP contribution in [0.4, 0.5) is 4.79 Å². The third kappa shape index (κ3) is 5.77. The lowest BCUT2D eigenvalue weighted by atomic mass is 10.1. The van der Waals surface area contributed by atoms with Crippen molar-refractivity contribution in [3.05, 3.63) is 35.9 Å². The first-order valence-corrected chi connectivity index (χ1v) is 8.26. The van der Waals surface area contributed by atoms with Crippen LogP contribution in [-0.2, 0) is 30.4 Å². The molecule has 0 aliphatic heterocycles. The van der Waals surface area contributed by atoms with Gasteiger partial charge in [0.1, 0.15) is 12.6 Å². The second kappa shape index (κ2) is 9.05. The van der Waals surface area contributed by atoms with E-state index in [0.29, 0.717) is 19.4 Å². The highest BCUT2D eigenvalue weighted by atomic mass is 16.6. The highest BCUT2D eigenvalue weighted by molar-refractivity contribution is 5.82. The van der Waals surface area contributed by atoms with Gasteiger partial charge in [-0.15, -0.1) is 0 Å². The summed E-state index contributed by atoms with van der Waals surface area (Å²) < 4.78 is 14.8. The molecule has 1 aromatic carbocycles. The summed E-state index contributed by atoms with van der Waals surface area (Å²) in [6.07, 6.45) is 0.261. The molecular weight excluding hydrogens is 326 g/mol. The molecule has 25 heavy (non-hydrogen) atoms. The van der Waals surface area contributed by atoms with E-state index in [-0.39, 0.29) is 24.4 Å². The number of methoxy groups -OCH3 is 1. The van der Waals surface area contributed by atoms with Crippen LogP contribution < -0.4 is 5.32 Å². The molecule has 1 fully saturated rings. The van der Waals surface area contributed by atoms with Gasteiger partial charge in [0.2, 0.25) is 0 Å². The van der Waals surface area contributed by atoms with Crippen molar-refractivity contribution in [1.29, 1.82) is 0 Å². The van der Waals surface area contributed by atoms with Crippen molar-refractivity contribution in [2.75, 3.05) is 13.7 Å². The van der Waals surface area contributed by atoms with E-state index in [1.54, 1.807) is 6.92 Å². The molecule has 136 valence electrons. The Balaban J connectivity index is 1.82. The summed E-state index contributed by atoms with van der Waals surface area (Å²) in [6.45, 7) is 2.18. The lowest BCUT2D eigenvalue weighted by Gasteiger charge is -2.16. The normalized spacial score (nSPS) is 19.4. The van der Waals surface area contributed by atoms with Crippen LogP contribution in [0.3, 0.4) is 0 Å². The van der Waals surface area contributed by atoms with E-state index < -0.39 is 18.1 Å². The Morgan fingerprint density at radius 1 is 1.20 bits per heavy atom. The number of alkyl carbamates (subject to hydrolysis) is 1. The van der Waals surface area contributed by atoms with Gasteiger partial charge in [-0.05, 0) is 31.2 Å². The van der Waals surface area contributed by atoms with Crippen LogP contribution in [-0.4, -0.2) is 37.8 Å². The third-order valence-corrected chi connectivity index (χ3v) is 4.04. The molecule has 0 heterocycles. The predicted molar refractivity (Wildman–Crippen MR) is 88.4 cm³/mol. The number of hydrogen-bond acceptors (Lipinski definition) is 6. The van der Waals surface area contributed by atoms with Crippen molar-refractivity contribution in [1.82, 2.24) is 5.32 Å². The number of carbonyl (C=O) groups excluding carboxylic acids is 3. The maximum Gasteiger partial charge on any atom is 0.408 e. The number of ether oxygens (including phenoxy) is 3. The Morgan fingerprint density at radius 3 is 2.56 bits per heavy atom. The van der Waals surface area contributed by atoms with E-state index in [4.69, 9.17) is 14.2 Å². The van der Waals surface area contributed by atoms with Crippen LogP contribution in [0.2, 0.25) is 0 Å². The number of hydrogen-bond donors (Lipinski definition) is 1. The zero-order chi connectivity index (χ0) is 18.2. The van der Waals surface area contributed by atoms with E-state index in [1.807, 2.05) is 30.3 Å². The Bertz CT molecular complexity index is 603. The van der Waals surface area contributed by atoms with Gasteiger partial charge in [-0.2, -0.15) is 0 Å². The van der Waals surface area contributed by atoms with Gasteiger partial charge in [0.15, 0.2) is 0 Å². The van der Waals surface area contributed by atoms with Crippen LogP contribution in [0.5, 0.6) is 0 Å². The first-order valence-electron chi connectivity index (χ1n) is 8.26. The SMILES string of the molecule is CCOC(=O)[C@@H]1C[C@H]1C[C@H](NC(=O)OCc1ccccc1)C(=O)OC. The van der Waals surface area contributed by atoms with E-state index in [2.05, 4.69) is 5.32 Å². The molecule has 1 aliphatic carbocycles. The van der Waals surface area contributed by atoms with Gasteiger partial charge in [0.05, 0.1) is 19.6 Å². The molecule has 0 saturated heterocycles. The Kier molecular flexibility index (Phi) is 6.80. The molecule has 1 amide bonds. The lowest BCUT2D eigenvalue weighted by Crippen LogP contribution is -2.42. The summed E-state index contributed by atoms with van der Waals surface area (Å²) in [7, 11) is 1.25. The fraction of sp³-hybridized carbons (Fsp3) is 0.500. The third-order valence-electron chi connectivity index (χ3n) is 4.04. The first kappa shape index (κ1) is 18.8. The summed E-state index contributed by atoms with van der Waals surface area (Å²) in [6, 6.07) is 8.37. The molecule has 3 atom stereocenters. The largest absolute Gasteiger partial charge is 0.467 e. The summed E-state index contributed by atoms with van der Waals surface area (Å²) in [4.78, 5) is 35.5. The molecule has 0 spiro atoms. The van der Waals surface area contributed by atoms with Gasteiger partial charge in [0, 0.05) is 0 Å². The fourth-order valence-electron chi connectivity index (χ4n) is 2.61. The quantitative estimate of drug-likeness (QED) is 0.570. The minimum atomic E-state index is -0.849. The molecule has 0 aromatic heterocycles. The van der Waals surface area contributed by atoms with Crippen LogP contribution >= 0.6 is 0 Å². The number of amides is 1. The number of esters is 2.